The van der Waals surface area contributed by atoms with E-state index in [1.165, 1.54) is 24.0 Å². The molecule has 0 atom stereocenters. The number of aryl methyl sites for hydroxylation is 1. The standard InChI is InChI=1S/C8H11F2N3O2/c1-2-15-7(14)8(9,10)3-5-13-6-4-11-12-13/h4,6H,2-3,5H2,1H3. The highest BCUT2D eigenvalue weighted by molar-refractivity contribution is 5.77. The lowest BCUT2D eigenvalue weighted by Gasteiger charge is -2.13. The van der Waals surface area contributed by atoms with E-state index in [0.29, 0.717) is 0 Å². The number of alkyl halides is 2. The Kier molecular flexibility index (Phi) is 3.70. The van der Waals surface area contributed by atoms with Gasteiger partial charge in [0, 0.05) is 19.2 Å². The predicted molar refractivity (Wildman–Crippen MR) is 46.2 cm³/mol. The Labute approximate surface area is 85.0 Å². The molecule has 0 aromatic carbocycles. The second kappa shape index (κ2) is 4.81. The maximum Gasteiger partial charge on any atom is 0.377 e. The van der Waals surface area contributed by atoms with Crippen LogP contribution in [-0.4, -0.2) is 33.5 Å². The maximum absolute atomic E-state index is 13.1. The molecule has 0 aliphatic rings. The van der Waals surface area contributed by atoms with Crippen molar-refractivity contribution in [1.82, 2.24) is 15.0 Å². The van der Waals surface area contributed by atoms with Crippen LogP contribution in [0.2, 0.25) is 0 Å². The van der Waals surface area contributed by atoms with Crippen LogP contribution >= 0.6 is 0 Å². The summed E-state index contributed by atoms with van der Waals surface area (Å²) >= 11 is 0. The molecule has 0 saturated heterocycles. The Balaban J connectivity index is 2.45. The number of hydrogen-bond donors (Lipinski definition) is 0. The van der Waals surface area contributed by atoms with E-state index in [2.05, 4.69) is 15.0 Å². The van der Waals surface area contributed by atoms with Crippen molar-refractivity contribution in [3.8, 4) is 0 Å². The molecule has 0 aliphatic carbocycles. The smallest absolute Gasteiger partial charge is 0.377 e. The summed E-state index contributed by atoms with van der Waals surface area (Å²) < 4.78 is 31.6. The van der Waals surface area contributed by atoms with Gasteiger partial charge in [0.1, 0.15) is 0 Å². The van der Waals surface area contributed by atoms with E-state index in [0.717, 1.165) is 0 Å². The minimum absolute atomic E-state index is 0.0578. The molecule has 1 aromatic heterocycles. The van der Waals surface area contributed by atoms with E-state index in [1.54, 1.807) is 0 Å². The largest absolute Gasteiger partial charge is 0.462 e. The van der Waals surface area contributed by atoms with Gasteiger partial charge in [0.05, 0.1) is 12.8 Å². The minimum atomic E-state index is -3.47. The van der Waals surface area contributed by atoms with Gasteiger partial charge in [0.15, 0.2) is 0 Å². The van der Waals surface area contributed by atoms with Crippen LogP contribution in [0, 0.1) is 0 Å². The van der Waals surface area contributed by atoms with E-state index in [9.17, 15) is 13.6 Å². The van der Waals surface area contributed by atoms with Crippen LogP contribution in [0.5, 0.6) is 0 Å². The summed E-state index contributed by atoms with van der Waals surface area (Å²) in [5.41, 5.74) is 0. The normalized spacial score (nSPS) is 11.4. The molecule has 0 spiro atoms. The van der Waals surface area contributed by atoms with Gasteiger partial charge in [-0.3, -0.25) is 4.68 Å². The highest BCUT2D eigenvalue weighted by Crippen LogP contribution is 2.20. The molecule has 0 bridgehead atoms. The zero-order valence-corrected chi connectivity index (χ0v) is 8.19. The van der Waals surface area contributed by atoms with Crippen LogP contribution < -0.4 is 0 Å². The first-order valence-corrected chi connectivity index (χ1v) is 4.45. The predicted octanol–water partition coefficient (Wildman–Crippen LogP) is 0.867. The maximum atomic E-state index is 13.1. The van der Waals surface area contributed by atoms with E-state index < -0.39 is 18.3 Å². The number of carbonyl (C=O) groups is 1. The van der Waals surface area contributed by atoms with Crippen molar-refractivity contribution in [2.45, 2.75) is 25.8 Å². The molecule has 15 heavy (non-hydrogen) atoms. The van der Waals surface area contributed by atoms with Crippen molar-refractivity contribution in [2.24, 2.45) is 0 Å². The molecule has 7 heteroatoms. The topological polar surface area (TPSA) is 57.0 Å². The summed E-state index contributed by atoms with van der Waals surface area (Å²) in [5.74, 6) is -4.97. The fourth-order valence-corrected chi connectivity index (χ4v) is 0.946. The number of nitrogens with zero attached hydrogens (tertiary/aromatic N) is 3. The van der Waals surface area contributed by atoms with E-state index in [1.807, 2.05) is 0 Å². The van der Waals surface area contributed by atoms with Gasteiger partial charge < -0.3 is 4.74 Å². The Hall–Kier alpha value is -1.53. The van der Waals surface area contributed by atoms with Crippen molar-refractivity contribution in [3.63, 3.8) is 0 Å². The first-order chi connectivity index (χ1) is 7.06. The Morgan fingerprint density at radius 3 is 2.87 bits per heavy atom. The number of halogens is 2. The molecule has 1 aromatic rings. The highest BCUT2D eigenvalue weighted by Gasteiger charge is 2.40. The van der Waals surface area contributed by atoms with Gasteiger partial charge in [-0.1, -0.05) is 5.21 Å². The Morgan fingerprint density at radius 1 is 1.60 bits per heavy atom. The van der Waals surface area contributed by atoms with E-state index in [4.69, 9.17) is 0 Å². The fraction of sp³-hybridized carbons (Fsp3) is 0.625. The van der Waals surface area contributed by atoms with Crippen LogP contribution in [0.3, 0.4) is 0 Å². The molecule has 0 radical (unpaired) electrons. The lowest BCUT2D eigenvalue weighted by molar-refractivity contribution is -0.172. The van der Waals surface area contributed by atoms with Gasteiger partial charge in [-0.15, -0.1) is 5.10 Å². The van der Waals surface area contributed by atoms with Gasteiger partial charge in [-0.25, -0.2) is 4.79 Å². The molecule has 0 fully saturated rings. The number of ether oxygens (including phenoxy) is 1. The van der Waals surface area contributed by atoms with Gasteiger partial charge in [-0.2, -0.15) is 8.78 Å². The Morgan fingerprint density at radius 2 is 2.33 bits per heavy atom. The third-order valence-electron chi connectivity index (χ3n) is 1.70. The number of carbonyl (C=O) groups excluding carboxylic acids is 1. The van der Waals surface area contributed by atoms with Crippen LogP contribution in [-0.2, 0) is 16.1 Å². The molecular formula is C8H11F2N3O2. The van der Waals surface area contributed by atoms with Crippen molar-refractivity contribution in [3.05, 3.63) is 12.4 Å². The summed E-state index contributed by atoms with van der Waals surface area (Å²) in [7, 11) is 0. The van der Waals surface area contributed by atoms with Crippen LogP contribution in [0.4, 0.5) is 8.78 Å². The second-order valence-corrected chi connectivity index (χ2v) is 2.84. The van der Waals surface area contributed by atoms with E-state index in [-0.39, 0.29) is 13.2 Å². The first kappa shape index (κ1) is 11.5. The SMILES string of the molecule is CCOC(=O)C(F)(F)CCn1ccnn1. The molecule has 0 saturated carbocycles. The summed E-state index contributed by atoms with van der Waals surface area (Å²) in [6.45, 7) is 1.34. The van der Waals surface area contributed by atoms with Crippen LogP contribution in [0.25, 0.3) is 0 Å². The van der Waals surface area contributed by atoms with Crippen LogP contribution in [0.15, 0.2) is 12.4 Å². The third kappa shape index (κ3) is 3.26. The Bertz CT molecular complexity index is 314. The average Bonchev–Trinajstić information content (AvgIpc) is 2.68. The molecular weight excluding hydrogens is 208 g/mol. The van der Waals surface area contributed by atoms with Crippen molar-refractivity contribution < 1.29 is 18.3 Å². The molecule has 84 valence electrons. The molecule has 0 N–H and O–H groups in total. The summed E-state index contributed by atoms with van der Waals surface area (Å²) in [6, 6.07) is 0. The van der Waals surface area contributed by atoms with E-state index >= 15 is 0 Å². The average molecular weight is 219 g/mol. The van der Waals surface area contributed by atoms with Gasteiger partial charge in [0.25, 0.3) is 0 Å². The molecule has 1 heterocycles. The molecule has 1 rings (SSSR count). The van der Waals surface area contributed by atoms with Gasteiger partial charge >= 0.3 is 11.9 Å². The summed E-state index contributed by atoms with van der Waals surface area (Å²) in [6.07, 6.45) is 2.18. The first-order valence-electron chi connectivity index (χ1n) is 4.45. The quantitative estimate of drug-likeness (QED) is 0.689. The summed E-state index contributed by atoms with van der Waals surface area (Å²) in [5, 5.41) is 6.96. The third-order valence-corrected chi connectivity index (χ3v) is 1.70. The summed E-state index contributed by atoms with van der Waals surface area (Å²) in [4.78, 5) is 10.8. The highest BCUT2D eigenvalue weighted by atomic mass is 19.3. The van der Waals surface area contributed by atoms with Crippen LogP contribution in [0.1, 0.15) is 13.3 Å². The molecule has 0 unspecified atom stereocenters. The number of aromatic nitrogens is 3. The zero-order chi connectivity index (χ0) is 11.3. The molecule has 5 nitrogen and oxygen atoms in total. The number of rotatable bonds is 5. The lowest BCUT2D eigenvalue weighted by Crippen LogP contribution is -2.32. The zero-order valence-electron chi connectivity index (χ0n) is 8.19. The number of esters is 1. The minimum Gasteiger partial charge on any atom is -0.462 e. The van der Waals surface area contributed by atoms with Gasteiger partial charge in [-0.05, 0) is 6.92 Å². The number of hydrogen-bond acceptors (Lipinski definition) is 4. The monoisotopic (exact) mass is 219 g/mol. The van der Waals surface area contributed by atoms with Crippen molar-refractivity contribution in [1.29, 1.82) is 0 Å². The molecule has 0 amide bonds. The fourth-order valence-electron chi connectivity index (χ4n) is 0.946. The van der Waals surface area contributed by atoms with Gasteiger partial charge in [0.2, 0.25) is 0 Å². The van der Waals surface area contributed by atoms with Crippen molar-refractivity contribution in [2.75, 3.05) is 6.61 Å². The second-order valence-electron chi connectivity index (χ2n) is 2.84. The van der Waals surface area contributed by atoms with Crippen molar-refractivity contribution >= 4 is 5.97 Å². The lowest BCUT2D eigenvalue weighted by atomic mass is 10.2. The molecule has 0 aliphatic heterocycles.